The number of carbonyl (C=O) groups is 2. The fourth-order valence-electron chi connectivity index (χ4n) is 2.63. The van der Waals surface area contributed by atoms with Gasteiger partial charge in [0.05, 0.1) is 23.0 Å². The third kappa shape index (κ3) is 6.74. The van der Waals surface area contributed by atoms with E-state index in [1.807, 2.05) is 6.26 Å². The molecule has 8 nitrogen and oxygen atoms in total. The number of benzene rings is 2. The van der Waals surface area contributed by atoms with Gasteiger partial charge in [0.2, 0.25) is 0 Å². The molecule has 0 saturated heterocycles. The molecule has 3 atom stereocenters. The van der Waals surface area contributed by atoms with Crippen molar-refractivity contribution >= 4 is 64.0 Å². The van der Waals surface area contributed by atoms with Crippen molar-refractivity contribution in [2.24, 2.45) is 0 Å². The molecule has 3 unspecified atom stereocenters. The monoisotopic (exact) mass is 609 g/mol. The highest BCUT2D eigenvalue weighted by atomic mass is 79.9. The van der Waals surface area contributed by atoms with Crippen molar-refractivity contribution < 1.29 is 34.2 Å². The van der Waals surface area contributed by atoms with Gasteiger partial charge in [-0.3, -0.25) is 4.79 Å². The highest BCUT2D eigenvalue weighted by Gasteiger charge is 2.25. The Hall–Kier alpha value is -1.52. The SMILES string of the molecule is CSCCC(NC(=O)c1cc(Oc2c(Br)cc(C(C)(O)[PH2]=O)cc2Br)ccc1O)C(=O)O. The first-order valence-electron chi connectivity index (χ1n) is 9.21. The number of aliphatic hydroxyl groups is 1. The summed E-state index contributed by atoms with van der Waals surface area (Å²) in [5.74, 6) is -1.16. The summed E-state index contributed by atoms with van der Waals surface area (Å²) in [4.78, 5) is 24.0. The van der Waals surface area contributed by atoms with Gasteiger partial charge in [0.25, 0.3) is 5.91 Å². The predicted octanol–water partition coefficient (Wildman–Crippen LogP) is 4.57. The van der Waals surface area contributed by atoms with Gasteiger partial charge >= 0.3 is 5.97 Å². The number of halogens is 2. The molecule has 2 rings (SSSR count). The number of aromatic hydroxyl groups is 1. The maximum atomic E-state index is 12.6. The third-order valence-electron chi connectivity index (χ3n) is 4.46. The number of hydrogen-bond donors (Lipinski definition) is 4. The second-order valence-electron chi connectivity index (χ2n) is 6.96. The van der Waals surface area contributed by atoms with Crippen LogP contribution >= 0.6 is 52.1 Å². The minimum atomic E-state index is -1.48. The van der Waals surface area contributed by atoms with E-state index >= 15 is 0 Å². The predicted molar refractivity (Wildman–Crippen MR) is 132 cm³/mol. The molecule has 0 heterocycles. The van der Waals surface area contributed by atoms with Gasteiger partial charge in [-0.2, -0.15) is 11.8 Å². The van der Waals surface area contributed by atoms with E-state index in [1.165, 1.54) is 36.9 Å². The van der Waals surface area contributed by atoms with Crippen LogP contribution in [0.4, 0.5) is 0 Å². The largest absolute Gasteiger partial charge is 0.507 e. The van der Waals surface area contributed by atoms with Gasteiger partial charge in [-0.05, 0) is 93.1 Å². The van der Waals surface area contributed by atoms with Crippen LogP contribution in [0.2, 0.25) is 0 Å². The van der Waals surface area contributed by atoms with Crippen LogP contribution in [0.15, 0.2) is 39.3 Å². The maximum Gasteiger partial charge on any atom is 0.326 e. The van der Waals surface area contributed by atoms with Crippen molar-refractivity contribution in [3.05, 3.63) is 50.4 Å². The maximum absolute atomic E-state index is 12.6. The molecule has 2 aromatic rings. The Morgan fingerprint density at radius 3 is 2.41 bits per heavy atom. The molecule has 12 heteroatoms. The van der Waals surface area contributed by atoms with Crippen LogP contribution in [0.3, 0.4) is 0 Å². The van der Waals surface area contributed by atoms with Crippen LogP contribution in [0.5, 0.6) is 17.2 Å². The highest BCUT2D eigenvalue weighted by molar-refractivity contribution is 9.11. The van der Waals surface area contributed by atoms with Gasteiger partial charge < -0.3 is 29.9 Å². The van der Waals surface area contributed by atoms with Crippen molar-refractivity contribution in [3.63, 3.8) is 0 Å². The molecular weight excluding hydrogens is 589 g/mol. The van der Waals surface area contributed by atoms with Crippen molar-refractivity contribution in [2.45, 2.75) is 24.7 Å². The lowest BCUT2D eigenvalue weighted by Gasteiger charge is -2.20. The molecule has 0 spiro atoms. The molecular formula is C20H22Br2NO7PS. The number of phenols is 1. The van der Waals surface area contributed by atoms with E-state index < -0.39 is 31.7 Å². The minimum Gasteiger partial charge on any atom is -0.507 e. The Balaban J connectivity index is 2.31. The first kappa shape index (κ1) is 26.7. The molecule has 1 amide bonds. The number of carbonyl (C=O) groups excluding carboxylic acids is 1. The smallest absolute Gasteiger partial charge is 0.326 e. The van der Waals surface area contributed by atoms with E-state index in [9.17, 15) is 29.5 Å². The van der Waals surface area contributed by atoms with E-state index in [2.05, 4.69) is 37.2 Å². The van der Waals surface area contributed by atoms with Crippen LogP contribution < -0.4 is 10.1 Å². The number of amides is 1. The molecule has 0 aliphatic rings. The van der Waals surface area contributed by atoms with Gasteiger partial charge in [-0.1, -0.05) is 0 Å². The molecule has 4 N–H and O–H groups in total. The number of nitrogens with one attached hydrogen (secondary N) is 1. The average Bonchev–Trinajstić information content (AvgIpc) is 2.74. The Kier molecular flexibility index (Phi) is 9.66. The summed E-state index contributed by atoms with van der Waals surface area (Å²) >= 11 is 8.17. The minimum absolute atomic E-state index is 0.139. The Bertz CT molecular complexity index is 1010. The van der Waals surface area contributed by atoms with Crippen molar-refractivity contribution in [2.75, 3.05) is 12.0 Å². The number of carboxylic acids is 1. The number of rotatable bonds is 10. The van der Waals surface area contributed by atoms with Crippen molar-refractivity contribution in [1.82, 2.24) is 5.32 Å². The number of aliphatic carboxylic acids is 1. The lowest BCUT2D eigenvalue weighted by Crippen LogP contribution is -2.41. The van der Waals surface area contributed by atoms with Gasteiger partial charge in [-0.25, -0.2) is 4.79 Å². The van der Waals surface area contributed by atoms with Crippen LogP contribution in [-0.4, -0.2) is 45.2 Å². The number of hydrogen-bond acceptors (Lipinski definition) is 7. The fraction of sp³-hybridized carbons (Fsp3) is 0.300. The quantitative estimate of drug-likeness (QED) is 0.288. The summed E-state index contributed by atoms with van der Waals surface area (Å²) in [5, 5.41) is 30.6. The molecule has 0 radical (unpaired) electrons. The van der Waals surface area contributed by atoms with E-state index in [1.54, 1.807) is 12.1 Å². The van der Waals surface area contributed by atoms with Crippen molar-refractivity contribution in [3.8, 4) is 17.2 Å². The Morgan fingerprint density at radius 2 is 1.88 bits per heavy atom. The van der Waals surface area contributed by atoms with Crippen LogP contribution in [0, 0.1) is 0 Å². The number of ether oxygens (including phenoxy) is 1. The fourth-order valence-corrected chi connectivity index (χ4v) is 4.75. The number of carboxylic acid groups (broad SMARTS) is 1. The number of thioether (sulfide) groups is 1. The van der Waals surface area contributed by atoms with E-state index in [0.29, 0.717) is 26.0 Å². The van der Waals surface area contributed by atoms with Crippen LogP contribution in [0.25, 0.3) is 0 Å². The molecule has 0 aliphatic carbocycles. The summed E-state index contributed by atoms with van der Waals surface area (Å²) in [6, 6.07) is 6.06. The van der Waals surface area contributed by atoms with Crippen LogP contribution in [0.1, 0.15) is 29.3 Å². The third-order valence-corrected chi connectivity index (χ3v) is 7.07. The zero-order valence-corrected chi connectivity index (χ0v) is 22.2. The number of phenolic OH excluding ortho intramolecular Hbond substituents is 1. The Labute approximate surface area is 207 Å². The standard InChI is InChI=1S/C20H22Br2NO7PS/c1-20(28,31-29)10-7-13(21)17(14(22)8-10)30-11-3-4-16(24)12(9-11)18(25)23-15(19(26)27)5-6-32-2/h3-4,7-9,15,24,28H,5-6,31H2,1-2H3,(H,23,25)(H,26,27). The normalized spacial score (nSPS) is 14.2. The molecule has 0 bridgehead atoms. The van der Waals surface area contributed by atoms with Gasteiger partial charge in [0.15, 0.2) is 5.75 Å². The summed E-state index contributed by atoms with van der Waals surface area (Å²) in [5.41, 5.74) is 0.281. The molecule has 32 heavy (non-hydrogen) atoms. The molecule has 174 valence electrons. The Morgan fingerprint density at radius 1 is 1.25 bits per heavy atom. The molecule has 0 saturated carbocycles. The van der Waals surface area contributed by atoms with Crippen LogP contribution in [-0.2, 0) is 14.7 Å². The molecule has 0 aromatic heterocycles. The summed E-state index contributed by atoms with van der Waals surface area (Å²) in [6.07, 6.45) is 2.07. The summed E-state index contributed by atoms with van der Waals surface area (Å²) in [7, 11) is -1.48. The van der Waals surface area contributed by atoms with Gasteiger partial charge in [0.1, 0.15) is 22.9 Å². The first-order chi connectivity index (χ1) is 15.0. The molecule has 0 aliphatic heterocycles. The lowest BCUT2D eigenvalue weighted by molar-refractivity contribution is -0.139. The zero-order chi connectivity index (χ0) is 24.1. The second-order valence-corrected chi connectivity index (χ2v) is 11.0. The zero-order valence-electron chi connectivity index (χ0n) is 17.1. The molecule has 2 aromatic carbocycles. The average molecular weight is 611 g/mol. The topological polar surface area (TPSA) is 133 Å². The van der Waals surface area contributed by atoms with E-state index in [-0.39, 0.29) is 23.5 Å². The highest BCUT2D eigenvalue weighted by Crippen LogP contribution is 2.42. The van der Waals surface area contributed by atoms with E-state index in [4.69, 9.17) is 4.74 Å². The second kappa shape index (κ2) is 11.6. The summed E-state index contributed by atoms with van der Waals surface area (Å²) < 4.78 is 18.1. The van der Waals surface area contributed by atoms with Gasteiger partial charge in [-0.15, -0.1) is 0 Å². The first-order valence-corrected chi connectivity index (χ1v) is 13.2. The lowest BCUT2D eigenvalue weighted by atomic mass is 10.1. The van der Waals surface area contributed by atoms with E-state index in [0.717, 1.165) is 0 Å². The molecule has 0 fully saturated rings. The summed E-state index contributed by atoms with van der Waals surface area (Å²) in [6.45, 7) is 1.44. The van der Waals surface area contributed by atoms with Gasteiger partial charge in [0, 0.05) is 0 Å². The van der Waals surface area contributed by atoms with Crippen molar-refractivity contribution in [1.29, 1.82) is 0 Å².